The van der Waals surface area contributed by atoms with E-state index in [0.29, 0.717) is 17.3 Å². The summed E-state index contributed by atoms with van der Waals surface area (Å²) >= 11 is 0. The zero-order valence-corrected chi connectivity index (χ0v) is 12.4. The molecule has 0 radical (unpaired) electrons. The van der Waals surface area contributed by atoms with Gasteiger partial charge in [0.2, 0.25) is 5.88 Å². The van der Waals surface area contributed by atoms with E-state index in [4.69, 9.17) is 14.6 Å². The number of rotatable bonds is 6. The number of nitrogens with two attached hydrogens (primary N) is 1. The first-order chi connectivity index (χ1) is 9.99. The minimum Gasteiger partial charge on any atom is -0.480 e. The van der Waals surface area contributed by atoms with Gasteiger partial charge in [0, 0.05) is 13.3 Å². The van der Waals surface area contributed by atoms with Crippen LogP contribution in [0.25, 0.3) is 11.4 Å². The minimum atomic E-state index is -4.00. The van der Waals surface area contributed by atoms with Gasteiger partial charge in [0.15, 0.2) is 5.82 Å². The highest BCUT2D eigenvalue weighted by molar-refractivity contribution is 7.89. The number of sulfonamides is 1. The molecule has 0 unspecified atom stereocenters. The Labute approximate surface area is 121 Å². The predicted molar refractivity (Wildman–Crippen MR) is 73.1 cm³/mol. The third kappa shape index (κ3) is 3.17. The lowest BCUT2D eigenvalue weighted by Gasteiger charge is -2.10. The van der Waals surface area contributed by atoms with Crippen LogP contribution in [0.3, 0.4) is 0 Å². The van der Waals surface area contributed by atoms with Gasteiger partial charge in [-0.05, 0) is 12.1 Å². The zero-order chi connectivity index (χ0) is 15.5. The number of methoxy groups -OCH3 is 2. The SMILES string of the molecule is COCCn1c(-c2cccnc2OC)nnc1S(N)(=O)=O. The standard InChI is InChI=1S/C11H15N5O4S/c1-19-7-6-16-9(14-15-11(16)21(12,17)18)8-4-3-5-13-10(8)20-2/h3-5H,6-7H2,1-2H3,(H2,12,17,18). The molecule has 2 aromatic heterocycles. The van der Waals surface area contributed by atoms with Gasteiger partial charge < -0.3 is 9.47 Å². The molecule has 0 aromatic carbocycles. The number of pyridine rings is 1. The fourth-order valence-corrected chi connectivity index (χ4v) is 2.45. The monoisotopic (exact) mass is 313 g/mol. The molecule has 2 N–H and O–H groups in total. The van der Waals surface area contributed by atoms with Crippen molar-refractivity contribution in [3.05, 3.63) is 18.3 Å². The molecular weight excluding hydrogens is 298 g/mol. The van der Waals surface area contributed by atoms with Gasteiger partial charge in [-0.2, -0.15) is 0 Å². The first kappa shape index (κ1) is 15.4. The lowest BCUT2D eigenvalue weighted by atomic mass is 10.2. The fourth-order valence-electron chi connectivity index (χ4n) is 1.81. The molecule has 0 spiro atoms. The van der Waals surface area contributed by atoms with Crippen molar-refractivity contribution in [2.24, 2.45) is 5.14 Å². The number of hydrogen-bond acceptors (Lipinski definition) is 7. The van der Waals surface area contributed by atoms with Crippen molar-refractivity contribution in [2.45, 2.75) is 11.7 Å². The van der Waals surface area contributed by atoms with Gasteiger partial charge in [0.1, 0.15) is 0 Å². The number of hydrogen-bond donors (Lipinski definition) is 1. The maximum Gasteiger partial charge on any atom is 0.273 e. The lowest BCUT2D eigenvalue weighted by molar-refractivity contribution is 0.185. The molecule has 0 aliphatic rings. The molecule has 114 valence electrons. The summed E-state index contributed by atoms with van der Waals surface area (Å²) in [6.45, 7) is 0.499. The molecule has 2 rings (SSSR count). The first-order valence-corrected chi connectivity index (χ1v) is 7.48. The summed E-state index contributed by atoms with van der Waals surface area (Å²) in [5.74, 6) is 0.602. The van der Waals surface area contributed by atoms with Crippen molar-refractivity contribution in [2.75, 3.05) is 20.8 Å². The Morgan fingerprint density at radius 1 is 1.33 bits per heavy atom. The Bertz CT molecular complexity index is 728. The second kappa shape index (κ2) is 6.16. The second-order valence-electron chi connectivity index (χ2n) is 4.06. The highest BCUT2D eigenvalue weighted by Crippen LogP contribution is 2.27. The van der Waals surface area contributed by atoms with Gasteiger partial charge in [0.05, 0.1) is 25.8 Å². The summed E-state index contributed by atoms with van der Waals surface area (Å²) in [7, 11) is -1.03. The summed E-state index contributed by atoms with van der Waals surface area (Å²) in [6, 6.07) is 3.38. The van der Waals surface area contributed by atoms with Gasteiger partial charge in [-0.15, -0.1) is 10.2 Å². The summed E-state index contributed by atoms with van der Waals surface area (Å²) in [5, 5.41) is 12.4. The Hall–Kier alpha value is -2.04. The molecular formula is C11H15N5O4S. The van der Waals surface area contributed by atoms with E-state index in [9.17, 15) is 8.42 Å². The normalized spacial score (nSPS) is 11.6. The third-order valence-electron chi connectivity index (χ3n) is 2.70. The van der Waals surface area contributed by atoms with Crippen LogP contribution in [0.4, 0.5) is 0 Å². The molecule has 2 heterocycles. The topological polar surface area (TPSA) is 122 Å². The van der Waals surface area contributed by atoms with Crippen LogP contribution in [-0.2, 0) is 21.3 Å². The van der Waals surface area contributed by atoms with Crippen molar-refractivity contribution >= 4 is 10.0 Å². The molecule has 0 atom stereocenters. The average molecular weight is 313 g/mol. The molecule has 0 bridgehead atoms. The van der Waals surface area contributed by atoms with Crippen LogP contribution in [-0.4, -0.2) is 49.0 Å². The molecule has 10 heteroatoms. The maximum absolute atomic E-state index is 11.6. The Balaban J connectivity index is 2.61. The van der Waals surface area contributed by atoms with Gasteiger partial charge in [-0.3, -0.25) is 4.57 Å². The maximum atomic E-state index is 11.6. The summed E-state index contributed by atoms with van der Waals surface area (Å²) in [5.41, 5.74) is 0.513. The van der Waals surface area contributed by atoms with E-state index >= 15 is 0 Å². The Kier molecular flexibility index (Phi) is 4.50. The quantitative estimate of drug-likeness (QED) is 0.772. The predicted octanol–water partition coefficient (Wildman–Crippen LogP) is -0.357. The smallest absolute Gasteiger partial charge is 0.273 e. The van der Waals surface area contributed by atoms with Crippen LogP contribution >= 0.6 is 0 Å². The van der Waals surface area contributed by atoms with Gasteiger partial charge in [-0.25, -0.2) is 18.5 Å². The Morgan fingerprint density at radius 3 is 2.71 bits per heavy atom. The molecule has 0 saturated carbocycles. The van der Waals surface area contributed by atoms with Crippen molar-refractivity contribution in [1.29, 1.82) is 0 Å². The van der Waals surface area contributed by atoms with Crippen LogP contribution < -0.4 is 9.88 Å². The van der Waals surface area contributed by atoms with Crippen molar-refractivity contribution in [3.63, 3.8) is 0 Å². The first-order valence-electron chi connectivity index (χ1n) is 5.93. The van der Waals surface area contributed by atoms with E-state index in [1.165, 1.54) is 18.8 Å². The van der Waals surface area contributed by atoms with Crippen LogP contribution in [0.1, 0.15) is 0 Å². The number of ether oxygens (including phenoxy) is 2. The van der Waals surface area contributed by atoms with E-state index in [-0.39, 0.29) is 18.3 Å². The van der Waals surface area contributed by atoms with Crippen LogP contribution in [0.5, 0.6) is 5.88 Å². The summed E-state index contributed by atoms with van der Waals surface area (Å²) < 4.78 is 34.6. The van der Waals surface area contributed by atoms with E-state index in [1.54, 1.807) is 18.3 Å². The van der Waals surface area contributed by atoms with Gasteiger partial charge in [-0.1, -0.05) is 0 Å². The van der Waals surface area contributed by atoms with Gasteiger partial charge in [0.25, 0.3) is 15.2 Å². The van der Waals surface area contributed by atoms with Crippen LogP contribution in [0.2, 0.25) is 0 Å². The molecule has 9 nitrogen and oxygen atoms in total. The molecule has 2 aromatic rings. The van der Waals surface area contributed by atoms with Crippen LogP contribution in [0.15, 0.2) is 23.5 Å². The molecule has 21 heavy (non-hydrogen) atoms. The molecule has 0 saturated heterocycles. The molecule has 0 amide bonds. The molecule has 0 aliphatic heterocycles. The second-order valence-corrected chi connectivity index (χ2v) is 5.51. The number of nitrogens with zero attached hydrogens (tertiary/aromatic N) is 4. The van der Waals surface area contributed by atoms with Crippen molar-refractivity contribution < 1.29 is 17.9 Å². The van der Waals surface area contributed by atoms with Crippen molar-refractivity contribution in [3.8, 4) is 17.3 Å². The summed E-state index contributed by atoms with van der Waals surface area (Å²) in [4.78, 5) is 4.05. The van der Waals surface area contributed by atoms with Crippen LogP contribution in [0, 0.1) is 0 Å². The highest BCUT2D eigenvalue weighted by atomic mass is 32.2. The van der Waals surface area contributed by atoms with E-state index in [2.05, 4.69) is 15.2 Å². The summed E-state index contributed by atoms with van der Waals surface area (Å²) in [6.07, 6.45) is 1.55. The lowest BCUT2D eigenvalue weighted by Crippen LogP contribution is -2.20. The molecule has 0 fully saturated rings. The zero-order valence-electron chi connectivity index (χ0n) is 11.6. The fraction of sp³-hybridized carbons (Fsp3) is 0.364. The van der Waals surface area contributed by atoms with E-state index < -0.39 is 10.0 Å². The number of primary sulfonamides is 1. The Morgan fingerprint density at radius 2 is 2.10 bits per heavy atom. The largest absolute Gasteiger partial charge is 0.480 e. The minimum absolute atomic E-state index is 0.225. The van der Waals surface area contributed by atoms with Gasteiger partial charge >= 0.3 is 0 Å². The van der Waals surface area contributed by atoms with E-state index in [0.717, 1.165) is 0 Å². The van der Waals surface area contributed by atoms with E-state index in [1.807, 2.05) is 0 Å². The third-order valence-corrected chi connectivity index (χ3v) is 3.51. The number of aromatic nitrogens is 4. The highest BCUT2D eigenvalue weighted by Gasteiger charge is 2.23. The molecule has 0 aliphatic carbocycles. The van der Waals surface area contributed by atoms with Crippen molar-refractivity contribution in [1.82, 2.24) is 19.7 Å². The average Bonchev–Trinajstić information content (AvgIpc) is 2.88.